The predicted octanol–water partition coefficient (Wildman–Crippen LogP) is 13.6. The molecule has 0 atom stereocenters. The van der Waals surface area contributed by atoms with Crippen molar-refractivity contribution in [2.45, 2.75) is 0 Å². The second-order valence-corrected chi connectivity index (χ2v) is 15.4. The van der Waals surface area contributed by atoms with Gasteiger partial charge in [0.15, 0.2) is 17.5 Å². The second kappa shape index (κ2) is 11.6. The van der Waals surface area contributed by atoms with Gasteiger partial charge < -0.3 is 0 Å². The molecule has 0 amide bonds. The van der Waals surface area contributed by atoms with Crippen molar-refractivity contribution in [2.24, 2.45) is 0 Å². The summed E-state index contributed by atoms with van der Waals surface area (Å²) in [6, 6.07) is 58.6. The van der Waals surface area contributed by atoms with E-state index in [-0.39, 0.29) is 0 Å². The van der Waals surface area contributed by atoms with Crippen LogP contribution in [0.5, 0.6) is 0 Å². The van der Waals surface area contributed by atoms with Crippen LogP contribution in [0.15, 0.2) is 164 Å². The first-order valence-electron chi connectivity index (χ1n) is 17.3. The number of hydrogen-bond acceptors (Lipinski definition) is 5. The van der Waals surface area contributed by atoms with Gasteiger partial charge in [0.2, 0.25) is 0 Å². The molecule has 11 rings (SSSR count). The van der Waals surface area contributed by atoms with Gasteiger partial charge in [-0.3, -0.25) is 0 Å². The van der Waals surface area contributed by atoms with Crippen molar-refractivity contribution >= 4 is 84.6 Å². The molecule has 0 N–H and O–H groups in total. The van der Waals surface area contributed by atoms with Crippen molar-refractivity contribution < 1.29 is 0 Å². The fraction of sp³-hybridized carbons (Fsp3) is 0. The van der Waals surface area contributed by atoms with Crippen LogP contribution >= 0.6 is 22.7 Å². The summed E-state index contributed by atoms with van der Waals surface area (Å²) < 4.78 is 5.15. The average Bonchev–Trinajstić information content (AvgIpc) is 3.78. The van der Waals surface area contributed by atoms with E-state index in [0.29, 0.717) is 17.5 Å². The van der Waals surface area contributed by atoms with Gasteiger partial charge in [-0.1, -0.05) is 127 Å². The zero-order valence-corrected chi connectivity index (χ0v) is 29.4. The van der Waals surface area contributed by atoms with E-state index in [1.807, 2.05) is 22.7 Å². The van der Waals surface area contributed by atoms with Crippen LogP contribution < -0.4 is 0 Å². The van der Waals surface area contributed by atoms with E-state index in [9.17, 15) is 0 Å². The molecule has 0 radical (unpaired) electrons. The lowest BCUT2D eigenvalue weighted by molar-refractivity contribution is 1.08. The van der Waals surface area contributed by atoms with Crippen LogP contribution in [0.3, 0.4) is 0 Å². The van der Waals surface area contributed by atoms with Crippen molar-refractivity contribution in [3.63, 3.8) is 0 Å². The fourth-order valence-electron chi connectivity index (χ4n) is 7.58. The first-order valence-corrected chi connectivity index (χ1v) is 19.0. The molecule has 0 saturated heterocycles. The molecule has 3 heterocycles. The molecule has 52 heavy (non-hydrogen) atoms. The molecule has 0 unspecified atom stereocenters. The van der Waals surface area contributed by atoms with Crippen LogP contribution in [0.1, 0.15) is 0 Å². The number of fused-ring (bicyclic) bond motifs is 9. The van der Waals surface area contributed by atoms with Crippen LogP contribution in [0.2, 0.25) is 0 Å². The summed E-state index contributed by atoms with van der Waals surface area (Å²) in [6.07, 6.45) is 0. The van der Waals surface area contributed by atoms with E-state index in [0.717, 1.165) is 33.0 Å². The maximum atomic E-state index is 5.22. The molecular weight excluding hydrogens is 671 g/mol. The highest BCUT2D eigenvalue weighted by Gasteiger charge is 2.17. The third-order valence-corrected chi connectivity index (χ3v) is 12.4. The number of thiophene rings is 2. The van der Waals surface area contributed by atoms with Gasteiger partial charge >= 0.3 is 0 Å². The van der Waals surface area contributed by atoms with E-state index >= 15 is 0 Å². The minimum atomic E-state index is 0.652. The molecule has 11 aromatic rings. The van der Waals surface area contributed by atoms with Gasteiger partial charge in [-0.25, -0.2) is 15.0 Å². The molecular formula is C47H27N3S2. The van der Waals surface area contributed by atoms with Gasteiger partial charge in [-0.15, -0.1) is 22.7 Å². The molecule has 8 aromatic carbocycles. The Balaban J connectivity index is 1.08. The van der Waals surface area contributed by atoms with Crippen LogP contribution in [0.4, 0.5) is 0 Å². The maximum Gasteiger partial charge on any atom is 0.164 e. The first-order chi connectivity index (χ1) is 25.7. The largest absolute Gasteiger partial charge is 0.208 e. The van der Waals surface area contributed by atoms with E-state index in [1.165, 1.54) is 56.7 Å². The van der Waals surface area contributed by atoms with E-state index < -0.39 is 0 Å². The fourth-order valence-corrected chi connectivity index (χ4v) is 9.81. The smallest absolute Gasteiger partial charge is 0.164 e. The van der Waals surface area contributed by atoms with Crippen molar-refractivity contribution in [3.05, 3.63) is 164 Å². The Labute approximate surface area is 307 Å². The predicted molar refractivity (Wildman–Crippen MR) is 222 cm³/mol. The number of nitrogens with zero attached hydrogens (tertiary/aromatic N) is 3. The molecule has 0 bridgehead atoms. The van der Waals surface area contributed by atoms with E-state index in [2.05, 4.69) is 164 Å². The summed E-state index contributed by atoms with van der Waals surface area (Å²) in [5.74, 6) is 1.98. The molecule has 0 spiro atoms. The zero-order valence-electron chi connectivity index (χ0n) is 27.7. The average molecular weight is 698 g/mol. The van der Waals surface area contributed by atoms with Crippen molar-refractivity contribution in [3.8, 4) is 45.3 Å². The molecule has 5 heteroatoms. The highest BCUT2D eigenvalue weighted by Crippen LogP contribution is 2.39. The Morgan fingerprint density at radius 1 is 0.308 bits per heavy atom. The van der Waals surface area contributed by atoms with Crippen molar-refractivity contribution in [2.75, 3.05) is 0 Å². The monoisotopic (exact) mass is 697 g/mol. The number of hydrogen-bond donors (Lipinski definition) is 0. The third-order valence-electron chi connectivity index (χ3n) is 10.1. The van der Waals surface area contributed by atoms with Gasteiger partial charge in [-0.2, -0.15) is 0 Å². The minimum absolute atomic E-state index is 0.652. The van der Waals surface area contributed by atoms with E-state index in [1.54, 1.807) is 0 Å². The van der Waals surface area contributed by atoms with Crippen molar-refractivity contribution in [1.29, 1.82) is 0 Å². The number of benzene rings is 8. The van der Waals surface area contributed by atoms with Gasteiger partial charge in [0.1, 0.15) is 0 Å². The van der Waals surface area contributed by atoms with Crippen LogP contribution in [0, 0.1) is 0 Å². The zero-order chi connectivity index (χ0) is 34.2. The molecule has 0 saturated carbocycles. The van der Waals surface area contributed by atoms with Crippen LogP contribution in [0.25, 0.3) is 107 Å². The highest BCUT2D eigenvalue weighted by atomic mass is 32.1. The lowest BCUT2D eigenvalue weighted by Crippen LogP contribution is -2.00. The molecule has 0 aliphatic heterocycles. The van der Waals surface area contributed by atoms with Crippen LogP contribution in [-0.4, -0.2) is 15.0 Å². The summed E-state index contributed by atoms with van der Waals surface area (Å²) in [5, 5.41) is 9.78. The summed E-state index contributed by atoms with van der Waals surface area (Å²) in [4.78, 5) is 15.6. The molecule has 0 aliphatic rings. The minimum Gasteiger partial charge on any atom is -0.208 e. The number of aromatic nitrogens is 3. The standard InChI is InChI=1S/C47H27N3S2/c1-2-10-34-29(8-1)18-19-30-9-7-13-38(44(30)34)47-49-45(48-46(50-47)33-23-25-42-39(26-33)36-12-4-6-15-41(36)51-42)31-20-16-28(17-21-31)32-22-24-37-35-11-3-5-14-40(35)52-43(37)27-32/h1-27H. The normalized spacial score (nSPS) is 11.8. The van der Waals surface area contributed by atoms with E-state index in [4.69, 9.17) is 15.0 Å². The lowest BCUT2D eigenvalue weighted by atomic mass is 9.97. The molecule has 0 aliphatic carbocycles. The second-order valence-electron chi connectivity index (χ2n) is 13.2. The summed E-state index contributed by atoms with van der Waals surface area (Å²) >= 11 is 3.66. The Bertz CT molecular complexity index is 3190. The third kappa shape index (κ3) is 4.74. The van der Waals surface area contributed by atoms with Crippen LogP contribution in [-0.2, 0) is 0 Å². The van der Waals surface area contributed by atoms with Gasteiger partial charge in [-0.05, 0) is 63.7 Å². The summed E-state index contributed by atoms with van der Waals surface area (Å²) in [5.41, 5.74) is 5.27. The Morgan fingerprint density at radius 2 is 0.865 bits per heavy atom. The lowest BCUT2D eigenvalue weighted by Gasteiger charge is -2.12. The Hall–Kier alpha value is -6.27. The maximum absolute atomic E-state index is 5.22. The topological polar surface area (TPSA) is 38.7 Å². The number of rotatable bonds is 4. The highest BCUT2D eigenvalue weighted by molar-refractivity contribution is 7.26. The van der Waals surface area contributed by atoms with Crippen molar-refractivity contribution in [1.82, 2.24) is 15.0 Å². The van der Waals surface area contributed by atoms with Gasteiger partial charge in [0.25, 0.3) is 0 Å². The Morgan fingerprint density at radius 3 is 1.69 bits per heavy atom. The first kappa shape index (κ1) is 29.5. The quantitative estimate of drug-likeness (QED) is 0.172. The SMILES string of the molecule is c1ccc2c(c1)ccc1cccc(-c3nc(-c4ccc(-c5ccc6c(c5)sc5ccccc56)cc4)nc(-c4ccc5sc6ccccc6c5c4)n3)c12. The molecule has 3 aromatic heterocycles. The Kier molecular flexibility index (Phi) is 6.59. The van der Waals surface area contributed by atoms with Gasteiger partial charge in [0.05, 0.1) is 0 Å². The molecule has 3 nitrogen and oxygen atoms in total. The summed E-state index contributed by atoms with van der Waals surface area (Å²) in [7, 11) is 0. The molecule has 0 fully saturated rings. The summed E-state index contributed by atoms with van der Waals surface area (Å²) in [6.45, 7) is 0. The molecule has 242 valence electrons. The van der Waals surface area contributed by atoms with Gasteiger partial charge in [0, 0.05) is 62.4 Å².